The fourth-order valence-electron chi connectivity index (χ4n) is 11.7. The van der Waals surface area contributed by atoms with Gasteiger partial charge in [0, 0.05) is 26.2 Å². The molecule has 0 aliphatic heterocycles. The summed E-state index contributed by atoms with van der Waals surface area (Å²) in [6.07, 6.45) is 8.19. The van der Waals surface area contributed by atoms with Gasteiger partial charge in [-0.15, -0.1) is 0 Å². The predicted octanol–water partition coefficient (Wildman–Crippen LogP) is 6.89. The molecule has 0 radical (unpaired) electrons. The van der Waals surface area contributed by atoms with Crippen LogP contribution in [0.1, 0.15) is 120 Å². The first-order valence-corrected chi connectivity index (χ1v) is 16.7. The fourth-order valence-corrected chi connectivity index (χ4v) is 11.7. The van der Waals surface area contributed by atoms with Crippen molar-refractivity contribution in [3.8, 4) is 0 Å². The summed E-state index contributed by atoms with van der Waals surface area (Å²) in [7, 11) is 0. The molecule has 4 fully saturated rings. The molecule has 0 heterocycles. The Kier molecular flexibility index (Phi) is 7.94. The molecule has 0 amide bonds. The van der Waals surface area contributed by atoms with E-state index in [1.54, 1.807) is 0 Å². The molecule has 1 N–H and O–H groups in total. The van der Waals surface area contributed by atoms with Crippen LogP contribution in [-0.4, -0.2) is 47.8 Å². The maximum Gasteiger partial charge on any atom is 0.310 e. The summed E-state index contributed by atoms with van der Waals surface area (Å²) in [5, 5.41) is 10.7. The average molecular weight is 615 g/mol. The van der Waals surface area contributed by atoms with E-state index in [0.29, 0.717) is 12.8 Å². The Hall–Kier alpha value is -2.38. The molecular weight excluding hydrogens is 560 g/mol. The van der Waals surface area contributed by atoms with Crippen molar-refractivity contribution in [2.75, 3.05) is 6.61 Å². The van der Waals surface area contributed by atoms with Crippen molar-refractivity contribution in [1.29, 1.82) is 0 Å². The van der Waals surface area contributed by atoms with E-state index in [0.717, 1.165) is 44.9 Å². The molecule has 4 saturated carbocycles. The lowest BCUT2D eigenvalue weighted by atomic mass is 9.33. The zero-order valence-corrected chi connectivity index (χ0v) is 28.3. The molecule has 5 aliphatic rings. The van der Waals surface area contributed by atoms with Crippen LogP contribution in [0.5, 0.6) is 0 Å². The highest BCUT2D eigenvalue weighted by atomic mass is 16.6. The highest BCUT2D eigenvalue weighted by molar-refractivity contribution is 5.76. The molecule has 0 spiro atoms. The largest absolute Gasteiger partial charge is 0.481 e. The Morgan fingerprint density at radius 1 is 0.818 bits per heavy atom. The van der Waals surface area contributed by atoms with Crippen LogP contribution in [0.4, 0.5) is 0 Å². The van der Waals surface area contributed by atoms with Crippen molar-refractivity contribution in [3.63, 3.8) is 0 Å². The molecule has 8 nitrogen and oxygen atoms in total. The van der Waals surface area contributed by atoms with Gasteiger partial charge in [-0.05, 0) is 97.2 Å². The Morgan fingerprint density at radius 2 is 1.45 bits per heavy atom. The van der Waals surface area contributed by atoms with Crippen LogP contribution in [0.25, 0.3) is 0 Å². The van der Waals surface area contributed by atoms with E-state index in [2.05, 4.69) is 40.7 Å². The molecule has 0 unspecified atom stereocenters. The van der Waals surface area contributed by atoms with Gasteiger partial charge >= 0.3 is 23.9 Å². The number of allylic oxidation sites excluding steroid dienone is 2. The third kappa shape index (κ3) is 4.74. The molecule has 44 heavy (non-hydrogen) atoms. The summed E-state index contributed by atoms with van der Waals surface area (Å²) in [5.74, 6) is -1.66. The summed E-state index contributed by atoms with van der Waals surface area (Å²) in [6, 6.07) is 0. The first-order valence-electron chi connectivity index (χ1n) is 16.7. The van der Waals surface area contributed by atoms with Crippen LogP contribution in [0.3, 0.4) is 0 Å². The minimum absolute atomic E-state index is 0.0218. The lowest BCUT2D eigenvalue weighted by molar-refractivity contribution is -0.255. The van der Waals surface area contributed by atoms with Crippen LogP contribution < -0.4 is 0 Å². The zero-order valence-electron chi connectivity index (χ0n) is 28.3. The molecule has 10 atom stereocenters. The Bertz CT molecular complexity index is 1270. The first-order chi connectivity index (χ1) is 20.3. The van der Waals surface area contributed by atoms with Gasteiger partial charge in [0.1, 0.15) is 18.8 Å². The Labute approximate surface area is 263 Å². The van der Waals surface area contributed by atoms with E-state index in [-0.39, 0.29) is 46.0 Å². The molecule has 0 saturated heterocycles. The van der Waals surface area contributed by atoms with E-state index in [1.807, 2.05) is 6.92 Å². The SMILES string of the molecule is CC(=O)OC[C@@]1(C)[C@@H]2CC[C@]3(C)[C@H](CC=C4[C@@H]5CC(C)(C)CC[C@]5(C(=O)O)CC[C@]43C)[C@@]2(C)C[C@@H](OC(C)=O)[C@@H]1OC(C)=O. The monoisotopic (exact) mass is 614 g/mol. The third-order valence-corrected chi connectivity index (χ3v) is 14.0. The normalized spacial score (nSPS) is 45.7. The molecule has 0 aromatic heterocycles. The maximum absolute atomic E-state index is 13.0. The topological polar surface area (TPSA) is 116 Å². The summed E-state index contributed by atoms with van der Waals surface area (Å²) in [4.78, 5) is 49.9. The number of carbonyl (C=O) groups is 4. The van der Waals surface area contributed by atoms with Crippen molar-refractivity contribution >= 4 is 23.9 Å². The van der Waals surface area contributed by atoms with Crippen molar-refractivity contribution in [3.05, 3.63) is 11.6 Å². The third-order valence-electron chi connectivity index (χ3n) is 14.0. The Morgan fingerprint density at radius 3 is 2.05 bits per heavy atom. The summed E-state index contributed by atoms with van der Waals surface area (Å²) < 4.78 is 17.6. The van der Waals surface area contributed by atoms with Gasteiger partial charge in [0.25, 0.3) is 0 Å². The fraction of sp³-hybridized carbons (Fsp3) is 0.833. The molecule has 246 valence electrons. The summed E-state index contributed by atoms with van der Waals surface area (Å²) in [5.41, 5.74) is -0.632. The van der Waals surface area contributed by atoms with Gasteiger partial charge in [-0.1, -0.05) is 53.2 Å². The standard InChI is InChI=1S/C36H54O8/c1-21(37)42-20-33(7)27-12-13-35(9)28(32(27,6)19-26(43-22(2)38)29(33)44-23(3)39)11-10-24-25-18-31(4,5)14-16-36(25,30(40)41)17-15-34(24,35)8/h10,25-29H,11-20H2,1-9H3,(H,40,41)/t25-,26+,27+,28+,29-,32-,33-,34+,35+,36-/m0/s1. The van der Waals surface area contributed by atoms with Gasteiger partial charge in [-0.2, -0.15) is 0 Å². The minimum atomic E-state index is -0.769. The molecule has 0 aromatic rings. The van der Waals surface area contributed by atoms with Gasteiger partial charge < -0.3 is 19.3 Å². The van der Waals surface area contributed by atoms with E-state index in [4.69, 9.17) is 14.2 Å². The molecule has 0 aromatic carbocycles. The van der Waals surface area contributed by atoms with Crippen molar-refractivity contribution < 1.29 is 38.5 Å². The van der Waals surface area contributed by atoms with Crippen LogP contribution in [0.2, 0.25) is 0 Å². The number of hydrogen-bond donors (Lipinski definition) is 1. The number of carbonyl (C=O) groups excluding carboxylic acids is 3. The number of ether oxygens (including phenoxy) is 3. The van der Waals surface area contributed by atoms with Gasteiger partial charge in [0.2, 0.25) is 0 Å². The van der Waals surface area contributed by atoms with Gasteiger partial charge in [-0.25, -0.2) is 0 Å². The van der Waals surface area contributed by atoms with E-state index >= 15 is 0 Å². The zero-order chi connectivity index (χ0) is 32.7. The molecule has 5 rings (SSSR count). The quantitative estimate of drug-likeness (QED) is 0.202. The number of esters is 3. The maximum atomic E-state index is 13.0. The van der Waals surface area contributed by atoms with Crippen molar-refractivity contribution in [1.82, 2.24) is 0 Å². The lowest BCUT2D eigenvalue weighted by Gasteiger charge is -2.71. The summed E-state index contributed by atoms with van der Waals surface area (Å²) in [6.45, 7) is 17.9. The van der Waals surface area contributed by atoms with Crippen LogP contribution in [0, 0.1) is 50.2 Å². The highest BCUT2D eigenvalue weighted by Gasteiger charge is 2.71. The number of rotatable bonds is 5. The second kappa shape index (κ2) is 10.6. The highest BCUT2D eigenvalue weighted by Crippen LogP contribution is 2.76. The van der Waals surface area contributed by atoms with E-state index < -0.39 is 46.9 Å². The number of hydrogen-bond acceptors (Lipinski definition) is 7. The van der Waals surface area contributed by atoms with Crippen molar-refractivity contribution in [2.45, 2.75) is 132 Å². The van der Waals surface area contributed by atoms with E-state index in [9.17, 15) is 24.3 Å². The number of carboxylic acids is 1. The van der Waals surface area contributed by atoms with Crippen molar-refractivity contribution in [2.24, 2.45) is 50.2 Å². The first kappa shape index (κ1) is 33.0. The predicted molar refractivity (Wildman–Crippen MR) is 164 cm³/mol. The number of fused-ring (bicyclic) bond motifs is 7. The number of carboxylic acid groups (broad SMARTS) is 1. The van der Waals surface area contributed by atoms with Gasteiger partial charge in [0.15, 0.2) is 0 Å². The van der Waals surface area contributed by atoms with Gasteiger partial charge in [0.05, 0.1) is 5.41 Å². The van der Waals surface area contributed by atoms with Gasteiger partial charge in [-0.3, -0.25) is 19.2 Å². The van der Waals surface area contributed by atoms with Crippen LogP contribution in [0.15, 0.2) is 11.6 Å². The minimum Gasteiger partial charge on any atom is -0.481 e. The Balaban J connectivity index is 1.62. The molecule has 5 aliphatic carbocycles. The smallest absolute Gasteiger partial charge is 0.310 e. The van der Waals surface area contributed by atoms with Crippen LogP contribution >= 0.6 is 0 Å². The average Bonchev–Trinajstić information content (AvgIpc) is 2.89. The number of aliphatic carboxylic acids is 1. The molecule has 8 heteroatoms. The van der Waals surface area contributed by atoms with Crippen LogP contribution in [-0.2, 0) is 33.4 Å². The van der Waals surface area contributed by atoms with E-state index in [1.165, 1.54) is 26.3 Å². The molecule has 0 bridgehead atoms. The lowest BCUT2D eigenvalue weighted by Crippen LogP contribution is -2.69. The molecular formula is C36H54O8. The summed E-state index contributed by atoms with van der Waals surface area (Å²) >= 11 is 0. The second-order valence-electron chi connectivity index (χ2n) is 16.8. The second-order valence-corrected chi connectivity index (χ2v) is 16.8.